The molecule has 2 aromatic heterocycles. The molecule has 0 atom stereocenters. The number of hydrazone groups is 1. The zero-order valence-corrected chi connectivity index (χ0v) is 18.9. The van der Waals surface area contributed by atoms with E-state index < -0.39 is 18.5 Å². The van der Waals surface area contributed by atoms with Crippen LogP contribution in [0.15, 0.2) is 58.3 Å². The van der Waals surface area contributed by atoms with Crippen LogP contribution in [-0.4, -0.2) is 57.0 Å². The summed E-state index contributed by atoms with van der Waals surface area (Å²) >= 11 is 0. The first-order chi connectivity index (χ1) is 17.5. The molecule has 184 valence electrons. The van der Waals surface area contributed by atoms with E-state index in [2.05, 4.69) is 31.2 Å². The molecule has 14 heteroatoms. The standard InChI is InChI=1S/C22H20N8O6/c1-2-34-15-8-5-7-13(10-15)19-18(25-29-30(19)21-20(23)27-36-28-21)22(33)26-24-11-14-6-3-4-9-16(14)35-12-17(31)32/h3-11H,2,12H2,1H3,(H4,23,26,27,31,32,33)/p+1/b24-11+. The van der Waals surface area contributed by atoms with Gasteiger partial charge in [-0.3, -0.25) is 4.79 Å². The molecular weight excluding hydrogens is 472 g/mol. The number of carboxylic acids is 1. The van der Waals surface area contributed by atoms with Crippen LogP contribution in [-0.2, 0) is 4.79 Å². The highest BCUT2D eigenvalue weighted by molar-refractivity contribution is 5.98. The summed E-state index contributed by atoms with van der Waals surface area (Å²) in [6.45, 7) is 1.79. The molecule has 36 heavy (non-hydrogen) atoms. The van der Waals surface area contributed by atoms with Crippen molar-refractivity contribution >= 4 is 23.9 Å². The Morgan fingerprint density at radius 2 is 2.06 bits per heavy atom. The van der Waals surface area contributed by atoms with Crippen LogP contribution in [0.5, 0.6) is 11.5 Å². The molecule has 0 unspecified atom stereocenters. The topological polar surface area (TPSA) is 195 Å². The van der Waals surface area contributed by atoms with Crippen molar-refractivity contribution < 1.29 is 33.5 Å². The number of nitrogens with two attached hydrogens (primary N) is 1. The normalized spacial score (nSPS) is 10.9. The average Bonchev–Trinajstić information content (AvgIpc) is 3.49. The molecule has 0 aliphatic rings. The maximum Gasteiger partial charge on any atom is 0.377 e. The summed E-state index contributed by atoms with van der Waals surface area (Å²) in [5.41, 5.74) is 9.56. The van der Waals surface area contributed by atoms with E-state index >= 15 is 0 Å². The van der Waals surface area contributed by atoms with E-state index in [0.717, 1.165) is 0 Å². The van der Waals surface area contributed by atoms with Gasteiger partial charge in [0.15, 0.2) is 12.3 Å². The summed E-state index contributed by atoms with van der Waals surface area (Å²) in [7, 11) is 0. The number of benzene rings is 2. The number of aromatic amines is 1. The number of para-hydroxylation sites is 1. The molecule has 0 saturated carbocycles. The lowest BCUT2D eigenvalue weighted by Crippen LogP contribution is -2.37. The van der Waals surface area contributed by atoms with Crippen molar-refractivity contribution in [3.63, 3.8) is 0 Å². The third-order valence-electron chi connectivity index (χ3n) is 4.69. The van der Waals surface area contributed by atoms with Crippen molar-refractivity contribution in [3.05, 3.63) is 59.8 Å². The quantitative estimate of drug-likeness (QED) is 0.140. The summed E-state index contributed by atoms with van der Waals surface area (Å²) in [5.74, 6) is -0.822. The van der Waals surface area contributed by atoms with Gasteiger partial charge in [-0.15, -0.1) is 9.90 Å². The third kappa shape index (κ3) is 5.27. The second kappa shape index (κ2) is 10.8. The molecule has 2 heterocycles. The van der Waals surface area contributed by atoms with Crippen molar-refractivity contribution in [2.45, 2.75) is 6.92 Å². The molecule has 14 nitrogen and oxygen atoms in total. The first-order valence-corrected chi connectivity index (χ1v) is 10.6. The number of amides is 1. The van der Waals surface area contributed by atoms with E-state index in [1.807, 2.05) is 6.92 Å². The minimum atomic E-state index is -1.12. The molecule has 0 aliphatic carbocycles. The number of carbonyl (C=O) groups is 2. The van der Waals surface area contributed by atoms with Gasteiger partial charge in [0.05, 0.1) is 12.8 Å². The number of anilines is 1. The molecule has 0 fully saturated rings. The lowest BCUT2D eigenvalue weighted by molar-refractivity contribution is -0.652. The summed E-state index contributed by atoms with van der Waals surface area (Å²) in [4.78, 5) is 23.9. The van der Waals surface area contributed by atoms with Crippen LogP contribution in [0.1, 0.15) is 23.0 Å². The van der Waals surface area contributed by atoms with Crippen molar-refractivity contribution in [2.75, 3.05) is 18.9 Å². The van der Waals surface area contributed by atoms with E-state index in [1.165, 1.54) is 10.9 Å². The number of nitrogen functional groups attached to an aromatic ring is 1. The van der Waals surface area contributed by atoms with Crippen molar-refractivity contribution in [1.29, 1.82) is 0 Å². The van der Waals surface area contributed by atoms with Crippen LogP contribution in [0, 0.1) is 0 Å². The zero-order chi connectivity index (χ0) is 25.5. The smallest absolute Gasteiger partial charge is 0.377 e. The van der Waals surface area contributed by atoms with Gasteiger partial charge in [-0.25, -0.2) is 10.2 Å². The van der Waals surface area contributed by atoms with Gasteiger partial charge in [-0.1, -0.05) is 24.3 Å². The number of hydrogen-bond acceptors (Lipinski definition) is 10. The number of carbonyl (C=O) groups excluding carboxylic acids is 1. The fourth-order valence-electron chi connectivity index (χ4n) is 3.20. The molecule has 4 rings (SSSR count). The molecule has 0 radical (unpaired) electrons. The second-order valence-corrected chi connectivity index (χ2v) is 7.10. The number of aliphatic carboxylic acids is 1. The Kier molecular flexibility index (Phi) is 7.14. The predicted molar refractivity (Wildman–Crippen MR) is 124 cm³/mol. The van der Waals surface area contributed by atoms with Gasteiger partial charge < -0.3 is 20.3 Å². The lowest BCUT2D eigenvalue weighted by Gasteiger charge is -2.06. The average molecular weight is 493 g/mol. The third-order valence-corrected chi connectivity index (χ3v) is 4.69. The number of nitrogens with zero attached hydrogens (tertiary/aromatic N) is 5. The van der Waals surface area contributed by atoms with Crippen molar-refractivity contribution in [1.82, 2.24) is 26.1 Å². The molecular formula is C22H21N8O6+. The molecule has 5 N–H and O–H groups in total. The van der Waals surface area contributed by atoms with Gasteiger partial charge in [-0.2, -0.15) is 9.73 Å². The van der Waals surface area contributed by atoms with Gasteiger partial charge in [0.25, 0.3) is 11.5 Å². The Morgan fingerprint density at radius 3 is 2.81 bits per heavy atom. The number of ether oxygens (including phenoxy) is 2. The van der Waals surface area contributed by atoms with E-state index in [0.29, 0.717) is 29.2 Å². The largest absolute Gasteiger partial charge is 0.494 e. The molecule has 2 aromatic carbocycles. The highest BCUT2D eigenvalue weighted by atomic mass is 16.6. The maximum absolute atomic E-state index is 13.1. The fourth-order valence-corrected chi connectivity index (χ4v) is 3.20. The summed E-state index contributed by atoms with van der Waals surface area (Å²) in [5, 5.41) is 27.0. The van der Waals surface area contributed by atoms with Crippen molar-refractivity contribution in [3.8, 4) is 28.6 Å². The van der Waals surface area contributed by atoms with E-state index in [-0.39, 0.29) is 23.1 Å². The molecule has 1 amide bonds. The van der Waals surface area contributed by atoms with Crippen LogP contribution in [0.4, 0.5) is 5.82 Å². The Balaban J connectivity index is 1.64. The molecule has 0 saturated heterocycles. The number of carboxylic acid groups (broad SMARTS) is 1. The SMILES string of the molecule is CCOc1cccc(-c2c(C(=O)N/N=C/c3ccccc3OCC(=O)O)n[nH][n+]2-c2nonc2N)c1. The van der Waals surface area contributed by atoms with Gasteiger partial charge in [0.1, 0.15) is 16.7 Å². The summed E-state index contributed by atoms with van der Waals surface area (Å²) in [6, 6.07) is 13.7. The first kappa shape index (κ1) is 23.9. The van der Waals surface area contributed by atoms with Crippen LogP contribution in [0.2, 0.25) is 0 Å². The number of hydrogen-bond donors (Lipinski definition) is 4. The van der Waals surface area contributed by atoms with Gasteiger partial charge in [0.2, 0.25) is 0 Å². The Morgan fingerprint density at radius 1 is 1.22 bits per heavy atom. The van der Waals surface area contributed by atoms with Crippen LogP contribution < -0.4 is 25.3 Å². The fraction of sp³-hybridized carbons (Fsp3) is 0.136. The van der Waals surface area contributed by atoms with E-state index in [9.17, 15) is 9.59 Å². The van der Waals surface area contributed by atoms with Gasteiger partial charge in [0, 0.05) is 11.1 Å². The van der Waals surface area contributed by atoms with Crippen molar-refractivity contribution in [2.24, 2.45) is 5.10 Å². The second-order valence-electron chi connectivity index (χ2n) is 7.10. The highest BCUT2D eigenvalue weighted by Crippen LogP contribution is 2.25. The lowest BCUT2D eigenvalue weighted by atomic mass is 10.1. The first-order valence-electron chi connectivity index (χ1n) is 10.6. The minimum absolute atomic E-state index is 0.0196. The summed E-state index contributed by atoms with van der Waals surface area (Å²) in [6.07, 6.45) is 1.32. The van der Waals surface area contributed by atoms with E-state index in [1.54, 1.807) is 48.5 Å². The summed E-state index contributed by atoms with van der Waals surface area (Å²) < 4.78 is 16.9. The number of H-pyrrole nitrogens is 1. The van der Waals surface area contributed by atoms with Crippen LogP contribution in [0.3, 0.4) is 0 Å². The molecule has 0 spiro atoms. The molecule has 0 bridgehead atoms. The Labute approximate surface area is 203 Å². The van der Waals surface area contributed by atoms with Gasteiger partial charge in [-0.05, 0) is 41.4 Å². The Bertz CT molecular complexity index is 1410. The predicted octanol–water partition coefficient (Wildman–Crippen LogP) is 0.945. The molecule has 4 aromatic rings. The Hall–Kier alpha value is -5.27. The monoisotopic (exact) mass is 493 g/mol. The zero-order valence-electron chi connectivity index (χ0n) is 18.9. The minimum Gasteiger partial charge on any atom is -0.494 e. The number of rotatable bonds is 10. The van der Waals surface area contributed by atoms with E-state index in [4.69, 9.17) is 24.9 Å². The van der Waals surface area contributed by atoms with Crippen LogP contribution in [0.25, 0.3) is 17.1 Å². The van der Waals surface area contributed by atoms with Gasteiger partial charge >= 0.3 is 17.7 Å². The maximum atomic E-state index is 13.1. The highest BCUT2D eigenvalue weighted by Gasteiger charge is 2.31. The number of nitrogens with one attached hydrogen (secondary N) is 2. The van der Waals surface area contributed by atoms with Crippen LogP contribution >= 0.6 is 0 Å². The number of aromatic nitrogens is 5. The molecule has 0 aliphatic heterocycles.